The van der Waals surface area contributed by atoms with Crippen LogP contribution in [0.4, 0.5) is 0 Å². The molecule has 2 heterocycles. The first-order valence-electron chi connectivity index (χ1n) is 6.19. The first-order valence-corrected chi connectivity index (χ1v) is 6.56. The van der Waals surface area contributed by atoms with Gasteiger partial charge in [0, 0.05) is 16.8 Å². The summed E-state index contributed by atoms with van der Waals surface area (Å²) in [7, 11) is 0. The molecule has 106 valence electrons. The minimum Gasteiger partial charge on any atom is -0.366 e. The van der Waals surface area contributed by atoms with Crippen LogP contribution in [0.25, 0.3) is 5.65 Å². The molecule has 0 unspecified atom stereocenters. The van der Waals surface area contributed by atoms with Gasteiger partial charge in [-0.1, -0.05) is 23.7 Å². The number of fused-ring (bicyclic) bond motifs is 1. The van der Waals surface area contributed by atoms with E-state index in [-0.39, 0.29) is 12.2 Å². The van der Waals surface area contributed by atoms with Gasteiger partial charge in [0.1, 0.15) is 0 Å². The molecule has 3 rings (SSSR count). The van der Waals surface area contributed by atoms with Crippen LogP contribution >= 0.6 is 11.6 Å². The van der Waals surface area contributed by atoms with Crippen molar-refractivity contribution in [3.05, 3.63) is 69.2 Å². The highest BCUT2D eigenvalue weighted by Crippen LogP contribution is 2.18. The Balaban J connectivity index is 2.01. The minimum atomic E-state index is -0.548. The predicted molar refractivity (Wildman–Crippen MR) is 78.5 cm³/mol. The zero-order chi connectivity index (χ0) is 15.0. The zero-order valence-electron chi connectivity index (χ0n) is 10.9. The lowest BCUT2D eigenvalue weighted by Gasteiger charge is -2.04. The molecule has 0 saturated carbocycles. The highest BCUT2D eigenvalue weighted by Gasteiger charge is 2.10. The number of hydrogen-bond donors (Lipinski definition) is 1. The summed E-state index contributed by atoms with van der Waals surface area (Å²) in [6, 6.07) is 10.0. The summed E-state index contributed by atoms with van der Waals surface area (Å²) in [5.41, 5.74) is 6.52. The fourth-order valence-corrected chi connectivity index (χ4v) is 2.30. The first kappa shape index (κ1) is 13.4. The summed E-state index contributed by atoms with van der Waals surface area (Å²) >= 11 is 6.12. The molecular formula is C14H11ClN4O2. The van der Waals surface area contributed by atoms with Crippen molar-refractivity contribution >= 4 is 23.2 Å². The third kappa shape index (κ3) is 2.41. The van der Waals surface area contributed by atoms with Gasteiger partial charge in [0.05, 0.1) is 6.54 Å². The molecule has 0 radical (unpaired) electrons. The van der Waals surface area contributed by atoms with Crippen LogP contribution < -0.4 is 11.4 Å². The van der Waals surface area contributed by atoms with Crippen LogP contribution in [0.2, 0.25) is 5.02 Å². The number of amides is 1. The van der Waals surface area contributed by atoms with Crippen molar-refractivity contribution in [3.8, 4) is 0 Å². The Hall–Kier alpha value is -2.60. The summed E-state index contributed by atoms with van der Waals surface area (Å²) in [5, 5.41) is 4.59. The molecular weight excluding hydrogens is 292 g/mol. The number of benzene rings is 1. The molecule has 0 atom stereocenters. The minimum absolute atomic E-state index is 0.221. The van der Waals surface area contributed by atoms with Gasteiger partial charge in [0.2, 0.25) is 5.91 Å². The van der Waals surface area contributed by atoms with Gasteiger partial charge in [-0.15, -0.1) is 5.10 Å². The number of nitrogens with two attached hydrogens (primary N) is 1. The number of nitrogens with zero attached hydrogens (tertiary/aromatic N) is 3. The molecule has 0 aliphatic heterocycles. The number of hydrogen-bond acceptors (Lipinski definition) is 3. The number of primary amides is 1. The maximum atomic E-state index is 12.2. The zero-order valence-corrected chi connectivity index (χ0v) is 11.6. The molecule has 2 N–H and O–H groups in total. The Labute approximate surface area is 124 Å². The third-order valence-corrected chi connectivity index (χ3v) is 3.50. The summed E-state index contributed by atoms with van der Waals surface area (Å²) in [6.07, 6.45) is 1.65. The van der Waals surface area contributed by atoms with Gasteiger partial charge in [-0.25, -0.2) is 9.48 Å². The quantitative estimate of drug-likeness (QED) is 0.791. The first-order chi connectivity index (χ1) is 10.1. The Bertz CT molecular complexity index is 897. The van der Waals surface area contributed by atoms with Crippen molar-refractivity contribution < 1.29 is 4.79 Å². The Kier molecular flexibility index (Phi) is 3.23. The SMILES string of the molecule is NC(=O)c1ccc(Cn2nc3ccccn3c2=O)c(Cl)c1. The van der Waals surface area contributed by atoms with Crippen molar-refractivity contribution in [3.63, 3.8) is 0 Å². The number of rotatable bonds is 3. The average molecular weight is 303 g/mol. The number of aromatic nitrogens is 3. The monoisotopic (exact) mass is 302 g/mol. The molecule has 3 aromatic rings. The fraction of sp³-hybridized carbons (Fsp3) is 0.0714. The maximum Gasteiger partial charge on any atom is 0.350 e. The second kappa shape index (κ2) is 5.06. The highest BCUT2D eigenvalue weighted by molar-refractivity contribution is 6.31. The average Bonchev–Trinajstić information content (AvgIpc) is 2.78. The van der Waals surface area contributed by atoms with Gasteiger partial charge in [0.25, 0.3) is 0 Å². The second-order valence-electron chi connectivity index (χ2n) is 4.54. The van der Waals surface area contributed by atoms with E-state index in [0.717, 1.165) is 0 Å². The summed E-state index contributed by atoms with van der Waals surface area (Å²) in [5.74, 6) is -0.548. The Morgan fingerprint density at radius 3 is 2.76 bits per heavy atom. The molecule has 0 aliphatic carbocycles. The van der Waals surface area contributed by atoms with E-state index in [2.05, 4.69) is 5.10 Å². The van der Waals surface area contributed by atoms with Crippen LogP contribution in [0.15, 0.2) is 47.4 Å². The molecule has 0 fully saturated rings. The normalized spacial score (nSPS) is 10.9. The van der Waals surface area contributed by atoms with Gasteiger partial charge in [-0.3, -0.25) is 9.20 Å². The number of carbonyl (C=O) groups is 1. The standard InChI is InChI=1S/C14H11ClN4O2/c15-11-7-9(13(16)20)4-5-10(11)8-19-14(21)18-6-2-1-3-12(18)17-19/h1-7H,8H2,(H2,16,20). The number of halogens is 1. The third-order valence-electron chi connectivity index (χ3n) is 3.15. The summed E-state index contributed by atoms with van der Waals surface area (Å²) < 4.78 is 2.77. The molecule has 0 spiro atoms. The lowest BCUT2D eigenvalue weighted by atomic mass is 10.1. The van der Waals surface area contributed by atoms with Crippen molar-refractivity contribution in [2.45, 2.75) is 6.54 Å². The molecule has 6 nitrogen and oxygen atoms in total. The predicted octanol–water partition coefficient (Wildman–Crippen LogP) is 1.30. The molecule has 7 heteroatoms. The van der Waals surface area contributed by atoms with Crippen molar-refractivity contribution in [2.75, 3.05) is 0 Å². The molecule has 0 aliphatic rings. The highest BCUT2D eigenvalue weighted by atomic mass is 35.5. The van der Waals surface area contributed by atoms with Gasteiger partial charge in [-0.2, -0.15) is 0 Å². The van der Waals surface area contributed by atoms with E-state index in [0.29, 0.717) is 21.8 Å². The van der Waals surface area contributed by atoms with Crippen LogP contribution in [0.5, 0.6) is 0 Å². The van der Waals surface area contributed by atoms with Crippen LogP contribution in [0.3, 0.4) is 0 Å². The largest absolute Gasteiger partial charge is 0.366 e. The Morgan fingerprint density at radius 2 is 2.10 bits per heavy atom. The lowest BCUT2D eigenvalue weighted by molar-refractivity contribution is 0.100. The van der Waals surface area contributed by atoms with Crippen molar-refractivity contribution in [2.24, 2.45) is 5.73 Å². The van der Waals surface area contributed by atoms with E-state index in [4.69, 9.17) is 17.3 Å². The van der Waals surface area contributed by atoms with Crippen LogP contribution in [-0.4, -0.2) is 20.1 Å². The molecule has 2 aromatic heterocycles. The van der Waals surface area contributed by atoms with Crippen LogP contribution in [0.1, 0.15) is 15.9 Å². The molecule has 0 bridgehead atoms. The fourth-order valence-electron chi connectivity index (χ4n) is 2.06. The van der Waals surface area contributed by atoms with Gasteiger partial charge >= 0.3 is 5.69 Å². The molecule has 1 amide bonds. The lowest BCUT2D eigenvalue weighted by Crippen LogP contribution is -2.21. The van der Waals surface area contributed by atoms with E-state index in [1.54, 1.807) is 36.5 Å². The summed E-state index contributed by atoms with van der Waals surface area (Å²) in [4.78, 5) is 23.3. The summed E-state index contributed by atoms with van der Waals surface area (Å²) in [6.45, 7) is 0.221. The van der Waals surface area contributed by atoms with E-state index >= 15 is 0 Å². The van der Waals surface area contributed by atoms with Crippen LogP contribution in [0, 0.1) is 0 Å². The molecule has 21 heavy (non-hydrogen) atoms. The van der Waals surface area contributed by atoms with E-state index in [1.807, 2.05) is 0 Å². The van der Waals surface area contributed by atoms with Gasteiger partial charge < -0.3 is 5.73 Å². The van der Waals surface area contributed by atoms with Gasteiger partial charge in [-0.05, 0) is 29.8 Å². The molecule has 0 saturated heterocycles. The van der Waals surface area contributed by atoms with E-state index < -0.39 is 5.91 Å². The van der Waals surface area contributed by atoms with Crippen molar-refractivity contribution in [1.82, 2.24) is 14.2 Å². The van der Waals surface area contributed by atoms with Gasteiger partial charge in [0.15, 0.2) is 5.65 Å². The molecule has 1 aromatic carbocycles. The second-order valence-corrected chi connectivity index (χ2v) is 4.95. The smallest absolute Gasteiger partial charge is 0.350 e. The van der Waals surface area contributed by atoms with Crippen LogP contribution in [-0.2, 0) is 6.54 Å². The van der Waals surface area contributed by atoms with E-state index in [1.165, 1.54) is 15.1 Å². The number of pyridine rings is 1. The maximum absolute atomic E-state index is 12.2. The topological polar surface area (TPSA) is 82.4 Å². The Morgan fingerprint density at radius 1 is 1.29 bits per heavy atom. The van der Waals surface area contributed by atoms with Crippen molar-refractivity contribution in [1.29, 1.82) is 0 Å². The number of carbonyl (C=O) groups excluding carboxylic acids is 1. The van der Waals surface area contributed by atoms with E-state index in [9.17, 15) is 9.59 Å².